The third-order valence-corrected chi connectivity index (χ3v) is 7.31. The predicted molar refractivity (Wildman–Crippen MR) is 79.4 cm³/mol. The van der Waals surface area contributed by atoms with E-state index in [-0.39, 0.29) is 11.3 Å². The van der Waals surface area contributed by atoms with Crippen molar-refractivity contribution >= 4 is 16.0 Å². The van der Waals surface area contributed by atoms with Crippen molar-refractivity contribution in [1.82, 2.24) is 14.3 Å². The molecule has 0 aromatic carbocycles. The molecule has 3 aliphatic rings. The third-order valence-electron chi connectivity index (χ3n) is 4.89. The van der Waals surface area contributed by atoms with Crippen LogP contribution in [-0.4, -0.2) is 53.6 Å². The lowest BCUT2D eigenvalue weighted by Gasteiger charge is -2.37. The molecule has 1 aromatic rings. The summed E-state index contributed by atoms with van der Waals surface area (Å²) in [4.78, 5) is 10.8. The highest BCUT2D eigenvalue weighted by molar-refractivity contribution is 7.90. The monoisotopic (exact) mass is 308 g/mol. The fourth-order valence-corrected chi connectivity index (χ4v) is 5.78. The minimum atomic E-state index is -3.03. The Hall–Kier alpha value is -1.21. The molecular formula is C14H20N4O2S. The zero-order valence-electron chi connectivity index (χ0n) is 11.9. The van der Waals surface area contributed by atoms with Crippen LogP contribution in [0.5, 0.6) is 0 Å². The van der Waals surface area contributed by atoms with E-state index in [9.17, 15) is 8.42 Å². The summed E-state index contributed by atoms with van der Waals surface area (Å²) in [6, 6.07) is 2.01. The van der Waals surface area contributed by atoms with E-state index in [1.54, 1.807) is 16.7 Å². The molecule has 0 bridgehead atoms. The maximum Gasteiger partial charge on any atom is 0.225 e. The first-order valence-electron chi connectivity index (χ1n) is 7.69. The molecule has 0 N–H and O–H groups in total. The Morgan fingerprint density at radius 3 is 2.52 bits per heavy atom. The standard InChI is InChI=1S/C14H20N4O2S/c19-21(20,12-2-3-12)18-9-4-11-10-17(8-5-13(11)18)14-15-6-1-7-16-14/h1,6-7,11-13H,2-5,8-10H2/t11-,13+/m0/s1. The quantitative estimate of drug-likeness (QED) is 0.829. The Balaban J connectivity index is 1.50. The molecule has 2 aliphatic heterocycles. The number of nitrogens with zero attached hydrogens (tertiary/aromatic N) is 4. The molecule has 6 nitrogen and oxygen atoms in total. The molecule has 0 amide bonds. The molecule has 2 atom stereocenters. The third kappa shape index (κ3) is 2.32. The van der Waals surface area contributed by atoms with Gasteiger partial charge in [0.2, 0.25) is 16.0 Å². The summed E-state index contributed by atoms with van der Waals surface area (Å²) in [6.45, 7) is 2.39. The van der Waals surface area contributed by atoms with Gasteiger partial charge in [0.1, 0.15) is 0 Å². The summed E-state index contributed by atoms with van der Waals surface area (Å²) < 4.78 is 26.8. The van der Waals surface area contributed by atoms with Crippen LogP contribution in [0.3, 0.4) is 0 Å². The van der Waals surface area contributed by atoms with Crippen molar-refractivity contribution in [3.8, 4) is 0 Å². The largest absolute Gasteiger partial charge is 0.340 e. The molecule has 114 valence electrons. The second-order valence-corrected chi connectivity index (χ2v) is 8.42. The highest BCUT2D eigenvalue weighted by Gasteiger charge is 2.48. The minimum absolute atomic E-state index is 0.0910. The molecule has 3 heterocycles. The van der Waals surface area contributed by atoms with E-state index < -0.39 is 10.0 Å². The van der Waals surface area contributed by atoms with E-state index >= 15 is 0 Å². The number of hydrogen-bond donors (Lipinski definition) is 0. The Labute approximate surface area is 125 Å². The van der Waals surface area contributed by atoms with Crippen LogP contribution in [0, 0.1) is 5.92 Å². The summed E-state index contributed by atoms with van der Waals surface area (Å²) in [5, 5.41) is -0.0910. The molecule has 2 saturated heterocycles. The average Bonchev–Trinajstić information content (AvgIpc) is 3.28. The van der Waals surface area contributed by atoms with E-state index in [2.05, 4.69) is 14.9 Å². The number of piperidine rings is 1. The second kappa shape index (κ2) is 4.91. The van der Waals surface area contributed by atoms with E-state index in [1.165, 1.54) is 0 Å². The maximum atomic E-state index is 12.5. The number of anilines is 1. The normalized spacial score (nSPS) is 30.4. The van der Waals surface area contributed by atoms with Gasteiger partial charge >= 0.3 is 0 Å². The van der Waals surface area contributed by atoms with Crippen molar-refractivity contribution in [1.29, 1.82) is 0 Å². The minimum Gasteiger partial charge on any atom is -0.340 e. The van der Waals surface area contributed by atoms with Crippen molar-refractivity contribution in [3.05, 3.63) is 18.5 Å². The van der Waals surface area contributed by atoms with Crippen molar-refractivity contribution in [2.75, 3.05) is 24.5 Å². The Morgan fingerprint density at radius 1 is 1.05 bits per heavy atom. The van der Waals surface area contributed by atoms with Gasteiger partial charge in [-0.1, -0.05) is 0 Å². The summed E-state index contributed by atoms with van der Waals surface area (Å²) >= 11 is 0. The van der Waals surface area contributed by atoms with Crippen molar-refractivity contribution < 1.29 is 8.42 Å². The maximum absolute atomic E-state index is 12.5. The smallest absolute Gasteiger partial charge is 0.225 e. The van der Waals surface area contributed by atoms with Gasteiger partial charge in [-0.05, 0) is 37.7 Å². The van der Waals surface area contributed by atoms with Gasteiger partial charge in [0.15, 0.2) is 0 Å². The Kier molecular flexibility index (Phi) is 3.15. The van der Waals surface area contributed by atoms with Crippen LogP contribution in [0.1, 0.15) is 25.7 Å². The predicted octanol–water partition coefficient (Wildman–Crippen LogP) is 0.869. The van der Waals surface area contributed by atoms with Crippen molar-refractivity contribution in [3.63, 3.8) is 0 Å². The molecule has 3 fully saturated rings. The molecule has 1 saturated carbocycles. The van der Waals surface area contributed by atoms with Crippen LogP contribution in [0.25, 0.3) is 0 Å². The topological polar surface area (TPSA) is 66.4 Å². The zero-order chi connectivity index (χ0) is 14.4. The van der Waals surface area contributed by atoms with Crippen LogP contribution in [0.4, 0.5) is 5.95 Å². The van der Waals surface area contributed by atoms with Crippen LogP contribution in [-0.2, 0) is 10.0 Å². The number of hydrogen-bond acceptors (Lipinski definition) is 5. The molecule has 0 spiro atoms. The first-order chi connectivity index (χ1) is 10.2. The second-order valence-electron chi connectivity index (χ2n) is 6.25. The molecule has 0 unspecified atom stereocenters. The lowest BCUT2D eigenvalue weighted by Crippen LogP contribution is -2.48. The molecule has 0 radical (unpaired) electrons. The Bertz CT molecular complexity index is 617. The lowest BCUT2D eigenvalue weighted by atomic mass is 9.93. The van der Waals surface area contributed by atoms with Gasteiger partial charge < -0.3 is 4.90 Å². The fraction of sp³-hybridized carbons (Fsp3) is 0.714. The van der Waals surface area contributed by atoms with Gasteiger partial charge in [-0.3, -0.25) is 0 Å². The molecule has 1 aromatic heterocycles. The first-order valence-corrected chi connectivity index (χ1v) is 9.19. The van der Waals surface area contributed by atoms with Gasteiger partial charge in [-0.25, -0.2) is 18.4 Å². The number of sulfonamides is 1. The van der Waals surface area contributed by atoms with E-state index in [1.807, 2.05) is 6.07 Å². The van der Waals surface area contributed by atoms with E-state index in [4.69, 9.17) is 0 Å². The fourth-order valence-electron chi connectivity index (χ4n) is 3.65. The summed E-state index contributed by atoms with van der Waals surface area (Å²) in [5.41, 5.74) is 0. The Morgan fingerprint density at radius 2 is 1.81 bits per heavy atom. The van der Waals surface area contributed by atoms with Crippen LogP contribution in [0.15, 0.2) is 18.5 Å². The number of fused-ring (bicyclic) bond motifs is 1. The number of rotatable bonds is 3. The van der Waals surface area contributed by atoms with Crippen LogP contribution < -0.4 is 4.90 Å². The van der Waals surface area contributed by atoms with Gasteiger partial charge in [0, 0.05) is 38.1 Å². The average molecular weight is 308 g/mol. The summed E-state index contributed by atoms with van der Waals surface area (Å²) in [6.07, 6.45) is 7.05. The van der Waals surface area contributed by atoms with Crippen molar-refractivity contribution in [2.24, 2.45) is 5.92 Å². The SMILES string of the molecule is O=S(=O)(C1CC1)N1CC[C@H]2CN(c3ncccn3)CC[C@H]21. The number of aromatic nitrogens is 2. The highest BCUT2D eigenvalue weighted by Crippen LogP contribution is 2.39. The summed E-state index contributed by atoms with van der Waals surface area (Å²) in [7, 11) is -3.03. The summed E-state index contributed by atoms with van der Waals surface area (Å²) in [5.74, 6) is 1.18. The molecule has 1 aliphatic carbocycles. The highest BCUT2D eigenvalue weighted by atomic mass is 32.2. The van der Waals surface area contributed by atoms with Gasteiger partial charge in [-0.15, -0.1) is 0 Å². The lowest BCUT2D eigenvalue weighted by molar-refractivity contribution is 0.291. The molecule has 7 heteroatoms. The zero-order valence-corrected chi connectivity index (χ0v) is 12.7. The van der Waals surface area contributed by atoms with Crippen LogP contribution >= 0.6 is 0 Å². The van der Waals surface area contributed by atoms with Gasteiger partial charge in [0.25, 0.3) is 0 Å². The molecule has 4 rings (SSSR count). The van der Waals surface area contributed by atoms with Crippen LogP contribution in [0.2, 0.25) is 0 Å². The molecular weight excluding hydrogens is 288 g/mol. The van der Waals surface area contributed by atoms with Crippen molar-refractivity contribution in [2.45, 2.75) is 37.0 Å². The first kappa shape index (κ1) is 13.5. The van der Waals surface area contributed by atoms with Gasteiger partial charge in [-0.2, -0.15) is 4.31 Å². The van der Waals surface area contributed by atoms with Gasteiger partial charge in [0.05, 0.1) is 5.25 Å². The van der Waals surface area contributed by atoms with E-state index in [0.717, 1.165) is 44.7 Å². The molecule has 21 heavy (non-hydrogen) atoms. The van der Waals surface area contributed by atoms with E-state index in [0.29, 0.717) is 12.5 Å².